The van der Waals surface area contributed by atoms with Crippen LogP contribution in [0.5, 0.6) is 0 Å². The van der Waals surface area contributed by atoms with Crippen molar-refractivity contribution < 1.29 is 4.74 Å². The molecule has 0 bridgehead atoms. The van der Waals surface area contributed by atoms with Gasteiger partial charge in [0.05, 0.1) is 12.7 Å². The molecule has 2 aliphatic rings. The van der Waals surface area contributed by atoms with Gasteiger partial charge in [0.2, 0.25) is 0 Å². The first-order valence-corrected chi connectivity index (χ1v) is 6.31. The van der Waals surface area contributed by atoms with Crippen molar-refractivity contribution in [2.24, 2.45) is 5.92 Å². The van der Waals surface area contributed by atoms with Crippen LogP contribution in [0.1, 0.15) is 32.1 Å². The molecule has 2 fully saturated rings. The summed E-state index contributed by atoms with van der Waals surface area (Å²) in [6, 6.07) is 0. The van der Waals surface area contributed by atoms with Gasteiger partial charge in [0.1, 0.15) is 0 Å². The fourth-order valence-corrected chi connectivity index (χ4v) is 3.27. The molecule has 2 rings (SSSR count). The fourth-order valence-electron chi connectivity index (χ4n) is 2.28. The van der Waals surface area contributed by atoms with Crippen LogP contribution in [0.4, 0.5) is 0 Å². The summed E-state index contributed by atoms with van der Waals surface area (Å²) in [6.07, 6.45) is 7.78. The van der Waals surface area contributed by atoms with Crippen molar-refractivity contribution in [3.8, 4) is 0 Å². The summed E-state index contributed by atoms with van der Waals surface area (Å²) in [5.74, 6) is 3.36. The largest absolute Gasteiger partial charge is 0.376 e. The minimum absolute atomic E-state index is 0.601. The Hall–Kier alpha value is 0.310. The van der Waals surface area contributed by atoms with Crippen LogP contribution in [0.2, 0.25) is 0 Å². The molecule has 1 heterocycles. The first kappa shape index (κ1) is 8.89. The lowest BCUT2D eigenvalue weighted by molar-refractivity contribution is 0.0201. The Labute approximate surface area is 79.2 Å². The molecule has 1 aliphatic carbocycles. The highest BCUT2D eigenvalue weighted by Crippen LogP contribution is 2.31. The molecule has 1 saturated carbocycles. The molecule has 0 spiro atoms. The summed E-state index contributed by atoms with van der Waals surface area (Å²) < 4.78 is 5.80. The highest BCUT2D eigenvalue weighted by atomic mass is 32.2. The summed E-state index contributed by atoms with van der Waals surface area (Å²) in [6.45, 7) is 0.992. The second-order valence-corrected chi connectivity index (χ2v) is 5.03. The zero-order valence-electron chi connectivity index (χ0n) is 7.63. The van der Waals surface area contributed by atoms with E-state index < -0.39 is 0 Å². The Morgan fingerprint density at radius 1 is 1.08 bits per heavy atom. The van der Waals surface area contributed by atoms with Crippen LogP contribution in [-0.2, 0) is 4.74 Å². The maximum Gasteiger partial charge on any atom is 0.0693 e. The van der Waals surface area contributed by atoms with Crippen LogP contribution in [-0.4, -0.2) is 24.2 Å². The van der Waals surface area contributed by atoms with Crippen molar-refractivity contribution in [2.75, 3.05) is 18.1 Å². The van der Waals surface area contributed by atoms with E-state index in [1.54, 1.807) is 0 Å². The van der Waals surface area contributed by atoms with Crippen molar-refractivity contribution in [1.82, 2.24) is 0 Å². The van der Waals surface area contributed by atoms with Gasteiger partial charge in [0.25, 0.3) is 0 Å². The van der Waals surface area contributed by atoms with Crippen molar-refractivity contribution in [3.05, 3.63) is 0 Å². The first-order chi connectivity index (χ1) is 5.97. The van der Waals surface area contributed by atoms with Gasteiger partial charge in [0.15, 0.2) is 0 Å². The van der Waals surface area contributed by atoms with E-state index in [9.17, 15) is 0 Å². The monoisotopic (exact) mass is 186 g/mol. The lowest BCUT2D eigenvalue weighted by atomic mass is 9.86. The smallest absolute Gasteiger partial charge is 0.0693 e. The highest BCUT2D eigenvalue weighted by molar-refractivity contribution is 7.99. The topological polar surface area (TPSA) is 9.23 Å². The Balaban J connectivity index is 1.80. The standard InChI is InChI=1S/C10H18OS/c1-2-4-9(5-3-1)10-8-12-7-6-11-10/h9-10H,1-8H2. The Morgan fingerprint density at radius 2 is 1.92 bits per heavy atom. The van der Waals surface area contributed by atoms with E-state index in [0.29, 0.717) is 6.10 Å². The molecule has 1 atom stereocenters. The third-order valence-electron chi connectivity index (χ3n) is 3.02. The van der Waals surface area contributed by atoms with Gasteiger partial charge in [-0.05, 0) is 18.8 Å². The second kappa shape index (κ2) is 4.52. The molecule has 0 aromatic carbocycles. The summed E-state index contributed by atoms with van der Waals surface area (Å²) in [5.41, 5.74) is 0. The quantitative estimate of drug-likeness (QED) is 0.622. The van der Waals surface area contributed by atoms with Crippen LogP contribution in [0.15, 0.2) is 0 Å². The van der Waals surface area contributed by atoms with Crippen LogP contribution in [0.25, 0.3) is 0 Å². The molecule has 0 N–H and O–H groups in total. The highest BCUT2D eigenvalue weighted by Gasteiger charge is 2.25. The van der Waals surface area contributed by atoms with Gasteiger partial charge in [-0.2, -0.15) is 11.8 Å². The third-order valence-corrected chi connectivity index (χ3v) is 4.04. The van der Waals surface area contributed by atoms with E-state index in [2.05, 4.69) is 11.8 Å². The average Bonchev–Trinajstić information content (AvgIpc) is 2.21. The molecule has 1 saturated heterocycles. The van der Waals surface area contributed by atoms with Crippen molar-refractivity contribution >= 4 is 11.8 Å². The molecule has 12 heavy (non-hydrogen) atoms. The number of thioether (sulfide) groups is 1. The van der Waals surface area contributed by atoms with Crippen molar-refractivity contribution in [3.63, 3.8) is 0 Å². The maximum absolute atomic E-state index is 5.80. The molecule has 70 valence electrons. The van der Waals surface area contributed by atoms with E-state index >= 15 is 0 Å². The molecule has 1 nitrogen and oxygen atoms in total. The number of hydrogen-bond donors (Lipinski definition) is 0. The lowest BCUT2D eigenvalue weighted by Crippen LogP contribution is -2.32. The molecule has 2 heteroatoms. The zero-order valence-corrected chi connectivity index (χ0v) is 8.44. The normalized spacial score (nSPS) is 33.5. The minimum Gasteiger partial charge on any atom is -0.376 e. The number of hydrogen-bond acceptors (Lipinski definition) is 2. The van der Waals surface area contributed by atoms with E-state index in [1.807, 2.05) is 0 Å². The predicted molar refractivity (Wildman–Crippen MR) is 53.6 cm³/mol. The van der Waals surface area contributed by atoms with Crippen molar-refractivity contribution in [1.29, 1.82) is 0 Å². The molecule has 0 amide bonds. The van der Waals surface area contributed by atoms with E-state index in [-0.39, 0.29) is 0 Å². The van der Waals surface area contributed by atoms with Gasteiger partial charge < -0.3 is 4.74 Å². The van der Waals surface area contributed by atoms with E-state index in [0.717, 1.165) is 12.5 Å². The van der Waals surface area contributed by atoms with Gasteiger partial charge in [-0.15, -0.1) is 0 Å². The second-order valence-electron chi connectivity index (χ2n) is 3.88. The van der Waals surface area contributed by atoms with Gasteiger partial charge in [-0.25, -0.2) is 0 Å². The van der Waals surface area contributed by atoms with Gasteiger partial charge in [-0.1, -0.05) is 19.3 Å². The molecule has 1 aliphatic heterocycles. The SMILES string of the molecule is C1CCC(C2CSCCO2)CC1. The molecule has 0 radical (unpaired) electrons. The predicted octanol–water partition coefficient (Wildman–Crippen LogP) is 2.70. The number of ether oxygens (including phenoxy) is 1. The summed E-state index contributed by atoms with van der Waals surface area (Å²) in [7, 11) is 0. The number of rotatable bonds is 1. The zero-order chi connectivity index (χ0) is 8.23. The van der Waals surface area contributed by atoms with Crippen LogP contribution in [0.3, 0.4) is 0 Å². The van der Waals surface area contributed by atoms with Crippen molar-refractivity contribution in [2.45, 2.75) is 38.2 Å². The van der Waals surface area contributed by atoms with Gasteiger partial charge >= 0.3 is 0 Å². The molecule has 1 unspecified atom stereocenters. The lowest BCUT2D eigenvalue weighted by Gasteiger charge is -2.32. The average molecular weight is 186 g/mol. The summed E-state index contributed by atoms with van der Waals surface area (Å²) in [5, 5.41) is 0. The van der Waals surface area contributed by atoms with E-state index in [4.69, 9.17) is 4.74 Å². The summed E-state index contributed by atoms with van der Waals surface area (Å²) in [4.78, 5) is 0. The molecular formula is C10H18OS. The molecule has 0 aromatic heterocycles. The fraction of sp³-hybridized carbons (Fsp3) is 1.00. The van der Waals surface area contributed by atoms with Crippen LogP contribution < -0.4 is 0 Å². The van der Waals surface area contributed by atoms with Crippen LogP contribution in [0, 0.1) is 5.92 Å². The maximum atomic E-state index is 5.80. The van der Waals surface area contributed by atoms with Gasteiger partial charge in [0, 0.05) is 11.5 Å². The minimum atomic E-state index is 0.601. The molecule has 0 aromatic rings. The molecular weight excluding hydrogens is 168 g/mol. The third kappa shape index (κ3) is 2.17. The van der Waals surface area contributed by atoms with E-state index in [1.165, 1.54) is 43.6 Å². The Bertz CT molecular complexity index is 110. The first-order valence-electron chi connectivity index (χ1n) is 5.16. The Morgan fingerprint density at radius 3 is 2.58 bits per heavy atom. The Kier molecular flexibility index (Phi) is 3.35. The van der Waals surface area contributed by atoms with Crippen LogP contribution >= 0.6 is 11.8 Å². The summed E-state index contributed by atoms with van der Waals surface area (Å²) >= 11 is 2.07. The van der Waals surface area contributed by atoms with Gasteiger partial charge in [-0.3, -0.25) is 0 Å².